The molecule has 1 saturated heterocycles. The van der Waals surface area contributed by atoms with Crippen molar-refractivity contribution in [3.05, 3.63) is 82.9 Å². The van der Waals surface area contributed by atoms with Crippen LogP contribution >= 0.6 is 0 Å². The van der Waals surface area contributed by atoms with Gasteiger partial charge in [-0.05, 0) is 69.9 Å². The van der Waals surface area contributed by atoms with Crippen molar-refractivity contribution in [2.75, 3.05) is 6.61 Å². The molecule has 16 nitrogen and oxygen atoms in total. The molecule has 1 heterocycles. The largest absolute Gasteiger partial charge is 0.455 e. The van der Waals surface area contributed by atoms with Crippen LogP contribution in [0.25, 0.3) is 0 Å². The molecule has 11 atom stereocenters. The number of alkyl carbamates (subject to hydrolysis) is 1. The molecular formula is C50H65NO15. The number of amides is 1. The predicted molar refractivity (Wildman–Crippen MR) is 236 cm³/mol. The third-order valence-electron chi connectivity index (χ3n) is 14.0. The highest BCUT2D eigenvalue weighted by Crippen LogP contribution is 2.64. The number of ether oxygens (including phenoxy) is 6. The van der Waals surface area contributed by atoms with Crippen molar-refractivity contribution >= 4 is 35.8 Å². The summed E-state index contributed by atoms with van der Waals surface area (Å²) in [6.45, 7) is 13.9. The number of hydrogen-bond donors (Lipinski definition) is 4. The van der Waals surface area contributed by atoms with Crippen LogP contribution in [0.5, 0.6) is 0 Å². The zero-order valence-corrected chi connectivity index (χ0v) is 39.3. The molecule has 66 heavy (non-hydrogen) atoms. The van der Waals surface area contributed by atoms with E-state index in [1.54, 1.807) is 83.1 Å². The maximum Gasteiger partial charge on any atom is 0.408 e. The number of benzene rings is 2. The highest BCUT2D eigenvalue weighted by atomic mass is 16.6. The zero-order chi connectivity index (χ0) is 48.6. The fourth-order valence-corrected chi connectivity index (χ4v) is 10.6. The first-order chi connectivity index (χ1) is 30.9. The van der Waals surface area contributed by atoms with Gasteiger partial charge in [-0.25, -0.2) is 14.4 Å². The van der Waals surface area contributed by atoms with E-state index in [0.29, 0.717) is 12.0 Å². The lowest BCUT2D eigenvalue weighted by Gasteiger charge is -2.67. The number of rotatable bonds is 14. The minimum absolute atomic E-state index is 0.0538. The van der Waals surface area contributed by atoms with Crippen LogP contribution in [0.4, 0.5) is 4.79 Å². The molecule has 0 radical (unpaired) electrons. The van der Waals surface area contributed by atoms with E-state index in [0.717, 1.165) is 26.2 Å². The predicted octanol–water partition coefficient (Wildman–Crippen LogP) is 5.78. The Morgan fingerprint density at radius 3 is 2.14 bits per heavy atom. The molecule has 1 amide bonds. The fraction of sp³-hybridized carbons (Fsp3) is 0.600. The lowest BCUT2D eigenvalue weighted by molar-refractivity contribution is -0.346. The maximum absolute atomic E-state index is 15.2. The van der Waals surface area contributed by atoms with Gasteiger partial charge in [0.05, 0.1) is 29.6 Å². The van der Waals surface area contributed by atoms with Crippen molar-refractivity contribution in [2.24, 2.45) is 16.7 Å². The molecule has 2 saturated carbocycles. The average molecular weight is 920 g/mol. The van der Waals surface area contributed by atoms with E-state index in [-0.39, 0.29) is 36.2 Å². The topological polar surface area (TPSA) is 231 Å². The van der Waals surface area contributed by atoms with Crippen LogP contribution < -0.4 is 5.32 Å². The lowest BCUT2D eigenvalue weighted by atomic mass is 9.44. The molecule has 360 valence electrons. The summed E-state index contributed by atoms with van der Waals surface area (Å²) in [5.74, 6) is -6.09. The van der Waals surface area contributed by atoms with Gasteiger partial charge in [-0.2, -0.15) is 0 Å². The van der Waals surface area contributed by atoms with Gasteiger partial charge < -0.3 is 49.1 Å². The first-order valence-corrected chi connectivity index (χ1v) is 22.8. The highest BCUT2D eigenvalue weighted by Gasteiger charge is 2.78. The second kappa shape index (κ2) is 19.2. The number of esters is 4. The molecule has 4 aliphatic rings. The van der Waals surface area contributed by atoms with Gasteiger partial charge in [-0.1, -0.05) is 88.6 Å². The van der Waals surface area contributed by atoms with Crippen LogP contribution in [-0.2, 0) is 47.6 Å². The summed E-state index contributed by atoms with van der Waals surface area (Å²) in [5.41, 5.74) is -8.31. The molecule has 0 spiro atoms. The first-order valence-electron chi connectivity index (χ1n) is 22.8. The number of hydrogen-bond acceptors (Lipinski definition) is 15. The lowest BCUT2D eigenvalue weighted by Crippen LogP contribution is -2.81. The van der Waals surface area contributed by atoms with E-state index in [9.17, 15) is 39.3 Å². The summed E-state index contributed by atoms with van der Waals surface area (Å²) in [5, 5.41) is 40.8. The van der Waals surface area contributed by atoms with E-state index < -0.39 is 118 Å². The van der Waals surface area contributed by atoms with Gasteiger partial charge in [0, 0.05) is 31.6 Å². The van der Waals surface area contributed by atoms with Crippen LogP contribution in [0.2, 0.25) is 0 Å². The summed E-state index contributed by atoms with van der Waals surface area (Å²) in [6.07, 6.45) is -8.56. The van der Waals surface area contributed by atoms with Crippen molar-refractivity contribution in [3.63, 3.8) is 0 Å². The van der Waals surface area contributed by atoms with E-state index in [2.05, 4.69) is 5.32 Å². The number of aliphatic hydroxyl groups excluding tert-OH is 2. The normalized spacial score (nSPS) is 30.9. The Labute approximate surface area is 385 Å². The molecule has 16 heteroatoms. The number of ketones is 1. The Bertz CT molecular complexity index is 2180. The Kier molecular flexibility index (Phi) is 14.6. The molecule has 3 aliphatic carbocycles. The number of nitrogens with one attached hydrogen (secondary N) is 1. The van der Waals surface area contributed by atoms with Crippen LogP contribution in [0.3, 0.4) is 0 Å². The summed E-state index contributed by atoms with van der Waals surface area (Å²) in [7, 11) is 0. The van der Waals surface area contributed by atoms with Gasteiger partial charge in [0.15, 0.2) is 11.4 Å². The van der Waals surface area contributed by atoms with Crippen LogP contribution in [-0.4, -0.2) is 111 Å². The monoisotopic (exact) mass is 919 g/mol. The van der Waals surface area contributed by atoms with Crippen LogP contribution in [0.1, 0.15) is 129 Å². The molecule has 3 fully saturated rings. The van der Waals surface area contributed by atoms with Crippen molar-refractivity contribution in [1.29, 1.82) is 0 Å². The number of fused-ring (bicyclic) bond motifs is 5. The second-order valence-electron chi connectivity index (χ2n) is 19.9. The van der Waals surface area contributed by atoms with Crippen molar-refractivity contribution in [2.45, 2.75) is 167 Å². The minimum atomic E-state index is -2.39. The standard InChI is InChI=1S/C50H65NO15/c1-10-11-12-19-24-35(54)63-39(37(30-20-15-13-16-21-30)51-45(59)66-46(4,5)6)44(58)62-32-26-50(60)42(64-43(57)31-22-17-14-18-23-31)40-48(9,41(56)38(55)36(28(32)2)47(50,7)8)33(53)25-34-49(40,27-61-34)65-29(3)52/h13-18,20-23,32-34,37-40,42,53,55,60H,10-12,19,24-27H2,1-9H3,(H,51,59)/t32-,33-,34+,37-,38+,39+,40-,42-,48+,49-,50+/m0/s1. The van der Waals surface area contributed by atoms with Gasteiger partial charge in [-0.3, -0.25) is 14.4 Å². The van der Waals surface area contributed by atoms with Crippen molar-refractivity contribution in [3.8, 4) is 0 Å². The Morgan fingerprint density at radius 1 is 0.924 bits per heavy atom. The molecule has 1 aliphatic heterocycles. The Balaban J connectivity index is 1.51. The minimum Gasteiger partial charge on any atom is -0.455 e. The summed E-state index contributed by atoms with van der Waals surface area (Å²) < 4.78 is 36.1. The third kappa shape index (κ3) is 9.38. The molecule has 0 aromatic heterocycles. The Hall–Kier alpha value is -5.16. The van der Waals surface area contributed by atoms with Crippen molar-refractivity contribution in [1.82, 2.24) is 5.32 Å². The van der Waals surface area contributed by atoms with Crippen LogP contribution in [0, 0.1) is 16.7 Å². The smallest absolute Gasteiger partial charge is 0.408 e. The third-order valence-corrected chi connectivity index (χ3v) is 14.0. The maximum atomic E-state index is 15.2. The molecule has 2 aromatic rings. The molecule has 2 bridgehead atoms. The van der Waals surface area contributed by atoms with Gasteiger partial charge in [-0.15, -0.1) is 0 Å². The van der Waals surface area contributed by atoms with Gasteiger partial charge in [0.1, 0.15) is 41.7 Å². The second-order valence-corrected chi connectivity index (χ2v) is 19.9. The molecule has 2 aromatic carbocycles. The van der Waals surface area contributed by atoms with E-state index in [1.807, 2.05) is 6.92 Å². The van der Waals surface area contributed by atoms with Gasteiger partial charge >= 0.3 is 30.0 Å². The van der Waals surface area contributed by atoms with Gasteiger partial charge in [0.2, 0.25) is 6.10 Å². The summed E-state index contributed by atoms with van der Waals surface area (Å²) in [4.78, 5) is 84.5. The van der Waals surface area contributed by atoms with E-state index in [4.69, 9.17) is 28.4 Å². The number of aliphatic hydroxyl groups is 3. The number of Topliss-reactive ketones (excluding diaryl/α,β-unsaturated/α-hetero) is 1. The van der Waals surface area contributed by atoms with Gasteiger partial charge in [0.25, 0.3) is 0 Å². The Morgan fingerprint density at radius 2 is 1.56 bits per heavy atom. The molecule has 4 N–H and O–H groups in total. The first kappa shape index (κ1) is 50.3. The number of carbonyl (C=O) groups is 6. The fourth-order valence-electron chi connectivity index (χ4n) is 10.6. The summed E-state index contributed by atoms with van der Waals surface area (Å²) in [6, 6.07) is 14.8. The van der Waals surface area contributed by atoms with E-state index in [1.165, 1.54) is 26.0 Å². The SMILES string of the molecule is CCCCCCC(=O)O[C@@H](C(=O)O[C@H]1C[C@@]2(O)[C@@H](OC(=O)c3ccccc3)[C@@H]3[C@]4(OC(C)=O)CO[C@@H]4C[C@H](O)[C@@]3(C)C(=O)[C@H](O)C(=C1C)C2(C)C)[C@@H](NC(=O)OC(C)(C)C)c1ccccc1. The molecule has 6 rings (SSSR count). The summed E-state index contributed by atoms with van der Waals surface area (Å²) >= 11 is 0. The van der Waals surface area contributed by atoms with Crippen LogP contribution in [0.15, 0.2) is 71.8 Å². The molecule has 0 unspecified atom stereocenters. The number of carbonyl (C=O) groups excluding carboxylic acids is 6. The quantitative estimate of drug-likeness (QED) is 0.0762. The van der Waals surface area contributed by atoms with Crippen molar-refractivity contribution < 1.29 is 72.5 Å². The zero-order valence-electron chi connectivity index (χ0n) is 39.3. The highest BCUT2D eigenvalue weighted by molar-refractivity contribution is 5.94. The number of unbranched alkanes of at least 4 members (excludes halogenated alkanes) is 3. The van der Waals surface area contributed by atoms with E-state index >= 15 is 4.79 Å². The average Bonchev–Trinajstić information content (AvgIpc) is 3.24. The molecular weight excluding hydrogens is 855 g/mol.